The molecule has 0 aliphatic carbocycles. The number of aryl methyl sites for hydroxylation is 3. The highest BCUT2D eigenvalue weighted by molar-refractivity contribution is 5.30. The fourth-order valence-electron chi connectivity index (χ4n) is 2.34. The lowest BCUT2D eigenvalue weighted by Gasteiger charge is -2.25. The van der Waals surface area contributed by atoms with Crippen LogP contribution < -0.4 is 5.73 Å². The van der Waals surface area contributed by atoms with Crippen LogP contribution in [-0.4, -0.2) is 9.78 Å². The second-order valence-electron chi connectivity index (χ2n) is 5.66. The molecular formula is C16H22FN3. The lowest BCUT2D eigenvalue weighted by molar-refractivity contribution is 0.467. The van der Waals surface area contributed by atoms with Gasteiger partial charge in [0.15, 0.2) is 0 Å². The van der Waals surface area contributed by atoms with Crippen LogP contribution >= 0.6 is 0 Å². The van der Waals surface area contributed by atoms with Crippen molar-refractivity contribution in [1.82, 2.24) is 9.78 Å². The van der Waals surface area contributed by atoms with Gasteiger partial charge in [-0.2, -0.15) is 5.10 Å². The minimum Gasteiger partial charge on any atom is -0.321 e. The largest absolute Gasteiger partial charge is 0.321 e. The number of rotatable bonds is 4. The second kappa shape index (κ2) is 5.37. The second-order valence-corrected chi connectivity index (χ2v) is 5.66. The SMILES string of the molecule is CCc1cc(CC(C)(N)c2ccc(C)c(F)c2)n(C)n1. The molecule has 20 heavy (non-hydrogen) atoms. The normalized spacial score (nSPS) is 14.3. The Hall–Kier alpha value is -1.68. The van der Waals surface area contributed by atoms with Crippen LogP contribution in [-0.2, 0) is 25.4 Å². The summed E-state index contributed by atoms with van der Waals surface area (Å²) in [5.74, 6) is -0.210. The molecule has 3 nitrogen and oxygen atoms in total. The third kappa shape index (κ3) is 2.90. The van der Waals surface area contributed by atoms with Gasteiger partial charge in [-0.3, -0.25) is 4.68 Å². The van der Waals surface area contributed by atoms with E-state index in [4.69, 9.17) is 5.73 Å². The van der Waals surface area contributed by atoms with Gasteiger partial charge in [0.25, 0.3) is 0 Å². The van der Waals surface area contributed by atoms with Crippen molar-refractivity contribution in [3.8, 4) is 0 Å². The monoisotopic (exact) mass is 275 g/mol. The topological polar surface area (TPSA) is 43.8 Å². The summed E-state index contributed by atoms with van der Waals surface area (Å²) in [6, 6.07) is 7.27. The van der Waals surface area contributed by atoms with Gasteiger partial charge in [0, 0.05) is 24.7 Å². The van der Waals surface area contributed by atoms with E-state index in [0.717, 1.165) is 23.4 Å². The van der Waals surface area contributed by atoms with Crippen molar-refractivity contribution in [2.24, 2.45) is 12.8 Å². The Morgan fingerprint density at radius 2 is 2.05 bits per heavy atom. The van der Waals surface area contributed by atoms with E-state index in [2.05, 4.69) is 18.1 Å². The molecule has 0 saturated heterocycles. The summed E-state index contributed by atoms with van der Waals surface area (Å²) in [6.45, 7) is 5.75. The van der Waals surface area contributed by atoms with E-state index < -0.39 is 5.54 Å². The molecule has 0 saturated carbocycles. The Bertz CT molecular complexity index is 614. The maximum Gasteiger partial charge on any atom is 0.126 e. The van der Waals surface area contributed by atoms with Crippen molar-refractivity contribution in [1.29, 1.82) is 0 Å². The average Bonchev–Trinajstić information content (AvgIpc) is 2.73. The van der Waals surface area contributed by atoms with Crippen molar-refractivity contribution in [2.45, 2.75) is 39.2 Å². The molecule has 0 bridgehead atoms. The molecule has 1 heterocycles. The molecule has 2 N–H and O–H groups in total. The number of halogens is 1. The minimum atomic E-state index is -0.618. The first-order valence-corrected chi connectivity index (χ1v) is 6.91. The first kappa shape index (κ1) is 14.7. The van der Waals surface area contributed by atoms with Crippen LogP contribution in [0, 0.1) is 12.7 Å². The fraction of sp³-hybridized carbons (Fsp3) is 0.438. The summed E-state index contributed by atoms with van der Waals surface area (Å²) in [6.07, 6.45) is 1.52. The van der Waals surface area contributed by atoms with Crippen LogP contribution in [0.5, 0.6) is 0 Å². The van der Waals surface area contributed by atoms with Crippen molar-refractivity contribution in [2.75, 3.05) is 0 Å². The van der Waals surface area contributed by atoms with Crippen LogP contribution in [0.3, 0.4) is 0 Å². The smallest absolute Gasteiger partial charge is 0.126 e. The van der Waals surface area contributed by atoms with Crippen molar-refractivity contribution in [3.63, 3.8) is 0 Å². The van der Waals surface area contributed by atoms with Gasteiger partial charge in [0.05, 0.1) is 5.69 Å². The lowest BCUT2D eigenvalue weighted by Crippen LogP contribution is -2.36. The third-order valence-corrected chi connectivity index (χ3v) is 3.77. The number of nitrogens with zero attached hydrogens (tertiary/aromatic N) is 2. The predicted molar refractivity (Wildman–Crippen MR) is 79.0 cm³/mol. The molecule has 1 atom stereocenters. The zero-order chi connectivity index (χ0) is 14.9. The van der Waals surface area contributed by atoms with Crippen LogP contribution in [0.4, 0.5) is 4.39 Å². The van der Waals surface area contributed by atoms with Gasteiger partial charge in [-0.25, -0.2) is 4.39 Å². The van der Waals surface area contributed by atoms with Gasteiger partial charge in [0.1, 0.15) is 5.82 Å². The summed E-state index contributed by atoms with van der Waals surface area (Å²) in [5.41, 5.74) is 9.34. The highest BCUT2D eigenvalue weighted by Gasteiger charge is 2.24. The minimum absolute atomic E-state index is 0.210. The van der Waals surface area contributed by atoms with Gasteiger partial charge >= 0.3 is 0 Å². The third-order valence-electron chi connectivity index (χ3n) is 3.77. The molecule has 0 amide bonds. The standard InChI is InChI=1S/C16H22FN3/c1-5-13-9-14(20(4)19-13)10-16(3,18)12-7-6-11(2)15(17)8-12/h6-9H,5,10,18H2,1-4H3. The molecule has 0 aliphatic rings. The van der Waals surface area contributed by atoms with E-state index in [1.54, 1.807) is 13.0 Å². The molecule has 0 radical (unpaired) electrons. The maximum atomic E-state index is 13.7. The molecule has 1 unspecified atom stereocenters. The highest BCUT2D eigenvalue weighted by atomic mass is 19.1. The summed E-state index contributed by atoms with van der Waals surface area (Å²) < 4.78 is 15.6. The van der Waals surface area contributed by atoms with Crippen LogP contribution in [0.2, 0.25) is 0 Å². The first-order valence-electron chi connectivity index (χ1n) is 6.91. The molecule has 0 spiro atoms. The number of benzene rings is 1. The van der Waals surface area contributed by atoms with Crippen LogP contribution in [0.25, 0.3) is 0 Å². The Labute approximate surface area is 119 Å². The van der Waals surface area contributed by atoms with Gasteiger partial charge in [0.2, 0.25) is 0 Å². The molecular weight excluding hydrogens is 253 g/mol. The lowest BCUT2D eigenvalue weighted by atomic mass is 9.87. The van der Waals surface area contributed by atoms with E-state index in [1.807, 2.05) is 24.7 Å². The molecule has 1 aromatic carbocycles. The molecule has 108 valence electrons. The van der Waals surface area contributed by atoms with Gasteiger partial charge in [-0.1, -0.05) is 19.1 Å². The van der Waals surface area contributed by atoms with E-state index in [-0.39, 0.29) is 5.82 Å². The van der Waals surface area contributed by atoms with E-state index in [1.165, 1.54) is 6.07 Å². The van der Waals surface area contributed by atoms with E-state index >= 15 is 0 Å². The summed E-state index contributed by atoms with van der Waals surface area (Å²) in [5, 5.41) is 4.43. The summed E-state index contributed by atoms with van der Waals surface area (Å²) in [7, 11) is 1.92. The molecule has 0 aliphatic heterocycles. The van der Waals surface area contributed by atoms with E-state index in [9.17, 15) is 4.39 Å². The number of hydrogen-bond acceptors (Lipinski definition) is 2. The number of aromatic nitrogens is 2. The van der Waals surface area contributed by atoms with Crippen molar-refractivity contribution >= 4 is 0 Å². The van der Waals surface area contributed by atoms with Crippen molar-refractivity contribution < 1.29 is 4.39 Å². The Balaban J connectivity index is 2.29. The molecule has 2 aromatic rings. The number of hydrogen-bond donors (Lipinski definition) is 1. The first-order chi connectivity index (χ1) is 9.33. The number of nitrogens with two attached hydrogens (primary N) is 1. The average molecular weight is 275 g/mol. The Morgan fingerprint density at radius 3 is 2.60 bits per heavy atom. The predicted octanol–water partition coefficient (Wildman–Crippen LogP) is 2.85. The maximum absolute atomic E-state index is 13.7. The quantitative estimate of drug-likeness (QED) is 0.932. The van der Waals surface area contributed by atoms with Gasteiger partial charge in [-0.05, 0) is 43.5 Å². The van der Waals surface area contributed by atoms with Crippen LogP contribution in [0.1, 0.15) is 36.4 Å². The van der Waals surface area contributed by atoms with E-state index in [0.29, 0.717) is 12.0 Å². The molecule has 0 fully saturated rings. The summed E-state index contributed by atoms with van der Waals surface area (Å²) >= 11 is 0. The Morgan fingerprint density at radius 1 is 1.35 bits per heavy atom. The zero-order valence-corrected chi connectivity index (χ0v) is 12.6. The van der Waals surface area contributed by atoms with Gasteiger partial charge < -0.3 is 5.73 Å². The zero-order valence-electron chi connectivity index (χ0n) is 12.6. The Kier molecular flexibility index (Phi) is 3.95. The van der Waals surface area contributed by atoms with Crippen LogP contribution in [0.15, 0.2) is 24.3 Å². The van der Waals surface area contributed by atoms with Crippen molar-refractivity contribution in [3.05, 3.63) is 52.6 Å². The molecule has 1 aromatic heterocycles. The fourth-order valence-corrected chi connectivity index (χ4v) is 2.34. The van der Waals surface area contributed by atoms with Gasteiger partial charge in [-0.15, -0.1) is 0 Å². The summed E-state index contributed by atoms with van der Waals surface area (Å²) in [4.78, 5) is 0. The highest BCUT2D eigenvalue weighted by Crippen LogP contribution is 2.24. The molecule has 4 heteroatoms. The molecule has 2 rings (SSSR count).